The van der Waals surface area contributed by atoms with Crippen molar-refractivity contribution in [1.82, 2.24) is 9.55 Å². The third-order valence-electron chi connectivity index (χ3n) is 3.15. The summed E-state index contributed by atoms with van der Waals surface area (Å²) in [5.41, 5.74) is 8.60. The third kappa shape index (κ3) is 3.67. The van der Waals surface area contributed by atoms with E-state index >= 15 is 0 Å². The Kier molecular flexibility index (Phi) is 4.77. The zero-order valence-electron chi connectivity index (χ0n) is 11.4. The Hall–Kier alpha value is -1.13. The van der Waals surface area contributed by atoms with Crippen LogP contribution >= 0.6 is 15.9 Å². The van der Waals surface area contributed by atoms with Gasteiger partial charge in [-0.2, -0.15) is 0 Å². The van der Waals surface area contributed by atoms with E-state index in [4.69, 9.17) is 5.73 Å². The minimum absolute atomic E-state index is 0.0463. The Morgan fingerprint density at radius 2 is 2.05 bits per heavy atom. The van der Waals surface area contributed by atoms with Crippen molar-refractivity contribution >= 4 is 15.9 Å². The van der Waals surface area contributed by atoms with Gasteiger partial charge in [-0.1, -0.05) is 48.0 Å². The summed E-state index contributed by atoms with van der Waals surface area (Å²) in [5, 5.41) is 0. The molecule has 0 radical (unpaired) electrons. The van der Waals surface area contributed by atoms with E-state index in [-0.39, 0.29) is 6.04 Å². The summed E-state index contributed by atoms with van der Waals surface area (Å²) in [5.74, 6) is 0.585. The van der Waals surface area contributed by atoms with Gasteiger partial charge < -0.3 is 10.3 Å². The standard InChI is InChI=1S/C15H20BrN3/c1-11(2)7-14(17)15-8-18-10-19(15)9-12-5-3-4-6-13(12)16/h3-6,8,10-11,14H,7,9,17H2,1-2H3. The van der Waals surface area contributed by atoms with Crippen LogP contribution in [0.2, 0.25) is 0 Å². The van der Waals surface area contributed by atoms with Gasteiger partial charge in [0.25, 0.3) is 0 Å². The second-order valence-electron chi connectivity index (χ2n) is 5.27. The molecule has 0 aliphatic rings. The first-order valence-electron chi connectivity index (χ1n) is 6.57. The second kappa shape index (κ2) is 6.35. The Bertz CT molecular complexity index is 534. The molecule has 2 rings (SSSR count). The van der Waals surface area contributed by atoms with Crippen molar-refractivity contribution in [3.63, 3.8) is 0 Å². The summed E-state index contributed by atoms with van der Waals surface area (Å²) in [6, 6.07) is 8.28. The van der Waals surface area contributed by atoms with E-state index in [0.29, 0.717) is 5.92 Å². The lowest BCUT2D eigenvalue weighted by Crippen LogP contribution is -2.17. The van der Waals surface area contributed by atoms with Crippen molar-refractivity contribution in [2.45, 2.75) is 32.9 Å². The van der Waals surface area contributed by atoms with E-state index in [1.165, 1.54) is 5.56 Å². The van der Waals surface area contributed by atoms with Crippen molar-refractivity contribution in [3.05, 3.63) is 52.5 Å². The maximum Gasteiger partial charge on any atom is 0.0951 e. The fourth-order valence-electron chi connectivity index (χ4n) is 2.21. The molecule has 1 heterocycles. The first kappa shape index (κ1) is 14.3. The van der Waals surface area contributed by atoms with Crippen molar-refractivity contribution in [2.75, 3.05) is 0 Å². The Morgan fingerprint density at radius 1 is 1.32 bits per heavy atom. The van der Waals surface area contributed by atoms with Crippen LogP contribution in [0.25, 0.3) is 0 Å². The minimum Gasteiger partial charge on any atom is -0.329 e. The topological polar surface area (TPSA) is 43.8 Å². The zero-order valence-corrected chi connectivity index (χ0v) is 13.0. The van der Waals surface area contributed by atoms with Crippen molar-refractivity contribution in [3.8, 4) is 0 Å². The summed E-state index contributed by atoms with van der Waals surface area (Å²) >= 11 is 3.58. The SMILES string of the molecule is CC(C)CC(N)c1cncn1Cc1ccccc1Br. The molecule has 1 unspecified atom stereocenters. The quantitative estimate of drug-likeness (QED) is 0.911. The molecule has 1 atom stereocenters. The largest absolute Gasteiger partial charge is 0.329 e. The van der Waals surface area contributed by atoms with Crippen LogP contribution in [-0.4, -0.2) is 9.55 Å². The van der Waals surface area contributed by atoms with Crippen LogP contribution in [0.1, 0.15) is 37.6 Å². The number of nitrogens with zero attached hydrogens (tertiary/aromatic N) is 2. The molecule has 102 valence electrons. The lowest BCUT2D eigenvalue weighted by Gasteiger charge is -2.17. The van der Waals surface area contributed by atoms with Crippen LogP contribution in [0.4, 0.5) is 0 Å². The highest BCUT2D eigenvalue weighted by Crippen LogP contribution is 2.22. The van der Waals surface area contributed by atoms with E-state index in [0.717, 1.165) is 23.1 Å². The zero-order chi connectivity index (χ0) is 13.8. The second-order valence-corrected chi connectivity index (χ2v) is 6.13. The first-order chi connectivity index (χ1) is 9.08. The summed E-state index contributed by atoms with van der Waals surface area (Å²) in [7, 11) is 0. The molecule has 0 spiro atoms. The van der Waals surface area contributed by atoms with Crippen LogP contribution in [0.3, 0.4) is 0 Å². The molecule has 0 saturated carbocycles. The maximum atomic E-state index is 6.26. The molecule has 19 heavy (non-hydrogen) atoms. The van der Waals surface area contributed by atoms with Crippen molar-refractivity contribution in [2.24, 2.45) is 11.7 Å². The normalized spacial score (nSPS) is 12.9. The van der Waals surface area contributed by atoms with Gasteiger partial charge in [0.1, 0.15) is 0 Å². The predicted octanol–water partition coefficient (Wildman–Crippen LogP) is 3.74. The summed E-state index contributed by atoms with van der Waals surface area (Å²) in [6.07, 6.45) is 4.71. The minimum atomic E-state index is 0.0463. The van der Waals surface area contributed by atoms with Crippen LogP contribution in [-0.2, 0) is 6.54 Å². The molecule has 4 heteroatoms. The number of imidazole rings is 1. The lowest BCUT2D eigenvalue weighted by atomic mass is 10.0. The van der Waals surface area contributed by atoms with Crippen LogP contribution < -0.4 is 5.73 Å². The van der Waals surface area contributed by atoms with Gasteiger partial charge >= 0.3 is 0 Å². The molecule has 0 aliphatic heterocycles. The van der Waals surface area contributed by atoms with Gasteiger partial charge in [0.05, 0.1) is 12.0 Å². The van der Waals surface area contributed by atoms with E-state index in [1.807, 2.05) is 24.7 Å². The molecular weight excluding hydrogens is 302 g/mol. The summed E-state index contributed by atoms with van der Waals surface area (Å²) in [6.45, 7) is 5.17. The van der Waals surface area contributed by atoms with Gasteiger partial charge in [0, 0.05) is 23.3 Å². The van der Waals surface area contributed by atoms with Crippen molar-refractivity contribution in [1.29, 1.82) is 0 Å². The monoisotopic (exact) mass is 321 g/mol. The maximum absolute atomic E-state index is 6.26. The molecule has 2 aromatic rings. The summed E-state index contributed by atoms with van der Waals surface area (Å²) < 4.78 is 3.25. The highest BCUT2D eigenvalue weighted by atomic mass is 79.9. The smallest absolute Gasteiger partial charge is 0.0951 e. The van der Waals surface area contributed by atoms with E-state index < -0.39 is 0 Å². The first-order valence-corrected chi connectivity index (χ1v) is 7.36. The molecule has 1 aromatic heterocycles. The molecule has 3 nitrogen and oxygen atoms in total. The molecule has 0 saturated heterocycles. The highest BCUT2D eigenvalue weighted by Gasteiger charge is 2.13. The highest BCUT2D eigenvalue weighted by molar-refractivity contribution is 9.10. The number of hydrogen-bond donors (Lipinski definition) is 1. The molecule has 1 aromatic carbocycles. The van der Waals surface area contributed by atoms with Crippen LogP contribution in [0.15, 0.2) is 41.3 Å². The van der Waals surface area contributed by atoms with Gasteiger partial charge in [-0.3, -0.25) is 0 Å². The van der Waals surface area contributed by atoms with E-state index in [1.54, 1.807) is 0 Å². The number of halogens is 1. The Balaban J connectivity index is 2.18. The van der Waals surface area contributed by atoms with Gasteiger partial charge in [0.2, 0.25) is 0 Å². The van der Waals surface area contributed by atoms with Crippen LogP contribution in [0, 0.1) is 5.92 Å². The number of aromatic nitrogens is 2. The fraction of sp³-hybridized carbons (Fsp3) is 0.400. The van der Waals surface area contributed by atoms with Gasteiger partial charge in [0.15, 0.2) is 0 Å². The third-order valence-corrected chi connectivity index (χ3v) is 3.92. The van der Waals surface area contributed by atoms with Gasteiger partial charge in [-0.15, -0.1) is 0 Å². The molecule has 0 aliphatic carbocycles. The number of nitrogens with two attached hydrogens (primary N) is 1. The van der Waals surface area contributed by atoms with Crippen molar-refractivity contribution < 1.29 is 0 Å². The number of rotatable bonds is 5. The number of benzene rings is 1. The Morgan fingerprint density at radius 3 is 2.74 bits per heavy atom. The summed E-state index contributed by atoms with van der Waals surface area (Å²) in [4.78, 5) is 4.24. The van der Waals surface area contributed by atoms with E-state index in [9.17, 15) is 0 Å². The Labute approximate surface area is 123 Å². The lowest BCUT2D eigenvalue weighted by molar-refractivity contribution is 0.488. The van der Waals surface area contributed by atoms with Gasteiger partial charge in [-0.05, 0) is 24.0 Å². The average Bonchev–Trinajstić information content (AvgIpc) is 2.79. The van der Waals surface area contributed by atoms with Crippen LogP contribution in [0.5, 0.6) is 0 Å². The molecular formula is C15H20BrN3. The average molecular weight is 322 g/mol. The predicted molar refractivity (Wildman–Crippen MR) is 81.9 cm³/mol. The molecule has 0 amide bonds. The molecule has 2 N–H and O–H groups in total. The van der Waals surface area contributed by atoms with E-state index in [2.05, 4.69) is 51.5 Å². The van der Waals surface area contributed by atoms with Gasteiger partial charge in [-0.25, -0.2) is 4.98 Å². The number of hydrogen-bond acceptors (Lipinski definition) is 2. The fourth-order valence-corrected chi connectivity index (χ4v) is 2.62. The molecule has 0 fully saturated rings. The molecule has 0 bridgehead atoms.